The van der Waals surface area contributed by atoms with Gasteiger partial charge in [0.05, 0.1) is 6.20 Å². The Morgan fingerprint density at radius 3 is 2.78 bits per heavy atom. The normalized spacial score (nSPS) is 12.0. The van der Waals surface area contributed by atoms with Gasteiger partial charge in [-0.2, -0.15) is 0 Å². The number of halogens is 1. The summed E-state index contributed by atoms with van der Waals surface area (Å²) in [7, 11) is 3.37. The summed E-state index contributed by atoms with van der Waals surface area (Å²) < 4.78 is 13.0. The summed E-state index contributed by atoms with van der Waals surface area (Å²) in [5.74, 6) is -0.345. The first-order valence-corrected chi connectivity index (χ1v) is 5.79. The maximum Gasteiger partial charge on any atom is 0.316 e. The highest BCUT2D eigenvalue weighted by Gasteiger charge is 2.06. The van der Waals surface area contributed by atoms with Gasteiger partial charge in [-0.3, -0.25) is 4.98 Å². The predicted octanol–water partition coefficient (Wildman–Crippen LogP) is 1.14. The summed E-state index contributed by atoms with van der Waals surface area (Å²) in [5.41, 5.74) is 0.786. The number of aromatic nitrogens is 1. The molecule has 5 nitrogen and oxygen atoms in total. The lowest BCUT2D eigenvalue weighted by atomic mass is 10.1. The summed E-state index contributed by atoms with van der Waals surface area (Å²) in [6.45, 7) is 3.05. The number of hydrogen-bond donors (Lipinski definition) is 2. The topological polar surface area (TPSA) is 57.3 Å². The van der Waals surface area contributed by atoms with Crippen molar-refractivity contribution in [2.24, 2.45) is 0 Å². The molecular formula is C12H19FN4O. The van der Waals surface area contributed by atoms with Crippen molar-refractivity contribution in [1.29, 1.82) is 0 Å². The Kier molecular flexibility index (Phi) is 5.51. The van der Waals surface area contributed by atoms with Crippen LogP contribution in [0.5, 0.6) is 0 Å². The summed E-state index contributed by atoms with van der Waals surface area (Å²) in [5, 5.41) is 5.92. The number of nitrogens with one attached hydrogen (secondary N) is 2. The Balaban J connectivity index is 2.29. The van der Waals surface area contributed by atoms with Crippen molar-refractivity contribution in [2.45, 2.75) is 13.0 Å². The smallest absolute Gasteiger partial charge is 0.316 e. The molecule has 2 N–H and O–H groups in total. The molecule has 0 radical (unpaired) electrons. The minimum absolute atomic E-state index is 0.00976. The first-order valence-electron chi connectivity index (χ1n) is 5.79. The lowest BCUT2D eigenvalue weighted by Crippen LogP contribution is -2.38. The lowest BCUT2D eigenvalue weighted by Gasteiger charge is -2.15. The van der Waals surface area contributed by atoms with Crippen LogP contribution in [0.15, 0.2) is 18.5 Å². The molecule has 1 heterocycles. The molecule has 0 bridgehead atoms. The van der Waals surface area contributed by atoms with Gasteiger partial charge in [0, 0.05) is 39.4 Å². The first kappa shape index (κ1) is 14.4. The number of nitrogens with zero attached hydrogens (tertiary/aromatic N) is 2. The van der Waals surface area contributed by atoms with E-state index in [1.807, 2.05) is 6.92 Å². The Morgan fingerprint density at radius 1 is 1.44 bits per heavy atom. The van der Waals surface area contributed by atoms with Crippen LogP contribution in [0, 0.1) is 5.82 Å². The molecule has 0 saturated heterocycles. The van der Waals surface area contributed by atoms with Crippen LogP contribution in [-0.4, -0.2) is 43.1 Å². The number of rotatable bonds is 5. The number of carbonyl (C=O) groups is 1. The third-order valence-electron chi connectivity index (χ3n) is 2.48. The standard InChI is InChI=1S/C12H19FN4O/c1-9(10-6-11(13)8-14-7-10)15-4-5-16-12(18)17(2)3/h6-9,15H,4-5H2,1-3H3,(H,16,18). The van der Waals surface area contributed by atoms with Gasteiger partial charge in [-0.05, 0) is 18.6 Å². The van der Waals surface area contributed by atoms with Gasteiger partial charge in [0.25, 0.3) is 0 Å². The van der Waals surface area contributed by atoms with Crippen molar-refractivity contribution in [3.8, 4) is 0 Å². The van der Waals surface area contributed by atoms with Gasteiger partial charge in [-0.1, -0.05) is 0 Å². The molecule has 0 aliphatic rings. The zero-order valence-corrected chi connectivity index (χ0v) is 10.9. The predicted molar refractivity (Wildman–Crippen MR) is 67.7 cm³/mol. The summed E-state index contributed by atoms with van der Waals surface area (Å²) in [4.78, 5) is 16.5. The zero-order chi connectivity index (χ0) is 13.5. The highest BCUT2D eigenvalue weighted by Crippen LogP contribution is 2.11. The van der Waals surface area contributed by atoms with E-state index in [1.54, 1.807) is 20.3 Å². The average Bonchev–Trinajstić information content (AvgIpc) is 2.33. The Bertz CT molecular complexity index is 397. The fraction of sp³-hybridized carbons (Fsp3) is 0.500. The quantitative estimate of drug-likeness (QED) is 0.775. The van der Waals surface area contributed by atoms with E-state index in [-0.39, 0.29) is 17.9 Å². The lowest BCUT2D eigenvalue weighted by molar-refractivity contribution is 0.217. The summed E-state index contributed by atoms with van der Waals surface area (Å²) in [6, 6.07) is 1.31. The molecule has 0 aromatic carbocycles. The first-order chi connectivity index (χ1) is 8.50. The second-order valence-corrected chi connectivity index (χ2v) is 4.24. The van der Waals surface area contributed by atoms with Crippen LogP contribution < -0.4 is 10.6 Å². The van der Waals surface area contributed by atoms with E-state index in [0.29, 0.717) is 13.1 Å². The van der Waals surface area contributed by atoms with Gasteiger partial charge in [0.15, 0.2) is 0 Å². The van der Waals surface area contributed by atoms with Crippen molar-refractivity contribution < 1.29 is 9.18 Å². The molecule has 0 spiro atoms. The van der Waals surface area contributed by atoms with E-state index < -0.39 is 0 Å². The molecule has 0 aliphatic carbocycles. The molecule has 1 unspecified atom stereocenters. The van der Waals surface area contributed by atoms with Gasteiger partial charge in [-0.15, -0.1) is 0 Å². The average molecular weight is 254 g/mol. The fourth-order valence-electron chi connectivity index (χ4n) is 1.40. The van der Waals surface area contributed by atoms with E-state index in [2.05, 4.69) is 15.6 Å². The molecule has 1 aromatic heterocycles. The SMILES string of the molecule is CC(NCCNC(=O)N(C)C)c1cncc(F)c1. The maximum atomic E-state index is 13.0. The van der Waals surface area contributed by atoms with Crippen LogP contribution in [0.1, 0.15) is 18.5 Å². The van der Waals surface area contributed by atoms with E-state index in [4.69, 9.17) is 0 Å². The van der Waals surface area contributed by atoms with Crippen molar-refractivity contribution >= 4 is 6.03 Å². The monoisotopic (exact) mass is 254 g/mol. The molecule has 6 heteroatoms. The van der Waals surface area contributed by atoms with E-state index in [9.17, 15) is 9.18 Å². The highest BCUT2D eigenvalue weighted by molar-refractivity contribution is 5.73. The minimum Gasteiger partial charge on any atom is -0.337 e. The molecule has 1 aromatic rings. The number of hydrogen-bond acceptors (Lipinski definition) is 3. The summed E-state index contributed by atoms with van der Waals surface area (Å²) >= 11 is 0. The number of urea groups is 1. The van der Waals surface area contributed by atoms with Gasteiger partial charge >= 0.3 is 6.03 Å². The van der Waals surface area contributed by atoms with E-state index >= 15 is 0 Å². The van der Waals surface area contributed by atoms with Crippen molar-refractivity contribution in [2.75, 3.05) is 27.2 Å². The zero-order valence-electron chi connectivity index (χ0n) is 10.9. The molecule has 18 heavy (non-hydrogen) atoms. The van der Waals surface area contributed by atoms with Crippen LogP contribution in [0.2, 0.25) is 0 Å². The van der Waals surface area contributed by atoms with Crippen molar-refractivity contribution in [1.82, 2.24) is 20.5 Å². The molecule has 0 saturated carbocycles. The Hall–Kier alpha value is -1.69. The van der Waals surface area contributed by atoms with Crippen molar-refractivity contribution in [3.05, 3.63) is 29.8 Å². The number of pyridine rings is 1. The number of amides is 2. The largest absolute Gasteiger partial charge is 0.337 e. The van der Waals surface area contributed by atoms with Gasteiger partial charge in [0.1, 0.15) is 5.82 Å². The molecular weight excluding hydrogens is 235 g/mol. The molecule has 0 aliphatic heterocycles. The van der Waals surface area contributed by atoms with Gasteiger partial charge in [0.2, 0.25) is 0 Å². The fourth-order valence-corrected chi connectivity index (χ4v) is 1.40. The molecule has 1 rings (SSSR count). The third-order valence-corrected chi connectivity index (χ3v) is 2.48. The molecule has 100 valence electrons. The van der Waals surface area contributed by atoms with Crippen LogP contribution >= 0.6 is 0 Å². The van der Waals surface area contributed by atoms with E-state index in [0.717, 1.165) is 5.56 Å². The van der Waals surface area contributed by atoms with Gasteiger partial charge < -0.3 is 15.5 Å². The number of carbonyl (C=O) groups excluding carboxylic acids is 1. The van der Waals surface area contributed by atoms with Crippen molar-refractivity contribution in [3.63, 3.8) is 0 Å². The van der Waals surface area contributed by atoms with Crippen LogP contribution in [0.3, 0.4) is 0 Å². The molecule has 0 fully saturated rings. The molecule has 2 amide bonds. The molecule has 1 atom stereocenters. The van der Waals surface area contributed by atoms with Crippen LogP contribution in [0.4, 0.5) is 9.18 Å². The van der Waals surface area contributed by atoms with Crippen LogP contribution in [-0.2, 0) is 0 Å². The third kappa shape index (κ3) is 4.67. The Labute approximate surface area is 106 Å². The Morgan fingerprint density at radius 2 is 2.17 bits per heavy atom. The minimum atomic E-state index is -0.345. The van der Waals surface area contributed by atoms with Gasteiger partial charge in [-0.25, -0.2) is 9.18 Å². The second-order valence-electron chi connectivity index (χ2n) is 4.24. The van der Waals surface area contributed by atoms with Crippen LogP contribution in [0.25, 0.3) is 0 Å². The van der Waals surface area contributed by atoms with E-state index in [1.165, 1.54) is 17.2 Å². The second kappa shape index (κ2) is 6.90. The highest BCUT2D eigenvalue weighted by atomic mass is 19.1. The summed E-state index contributed by atoms with van der Waals surface area (Å²) in [6.07, 6.45) is 2.80. The maximum absolute atomic E-state index is 13.0.